The number of rotatable bonds is 4. The van der Waals surface area contributed by atoms with E-state index in [4.69, 9.17) is 21.7 Å². The lowest BCUT2D eigenvalue weighted by Gasteiger charge is -2.34. The molecular formula is C28H31ClN6O. The second-order valence-electron chi connectivity index (χ2n) is 10.7. The quantitative estimate of drug-likeness (QED) is 0.670. The summed E-state index contributed by atoms with van der Waals surface area (Å²) >= 11 is 6.42. The highest BCUT2D eigenvalue weighted by atomic mass is 35.5. The van der Waals surface area contributed by atoms with E-state index in [1.807, 2.05) is 24.3 Å². The molecule has 0 radical (unpaired) electrons. The van der Waals surface area contributed by atoms with Crippen molar-refractivity contribution in [2.24, 2.45) is 16.9 Å². The highest BCUT2D eigenvalue weighted by Crippen LogP contribution is 2.45. The number of fused-ring (bicyclic) bond motifs is 3. The van der Waals surface area contributed by atoms with Gasteiger partial charge in [-0.15, -0.1) is 0 Å². The zero-order chi connectivity index (χ0) is 24.8. The average Bonchev–Trinajstić information content (AvgIpc) is 3.63. The fourth-order valence-electron chi connectivity index (χ4n) is 6.60. The summed E-state index contributed by atoms with van der Waals surface area (Å²) in [7, 11) is 2.08. The lowest BCUT2D eigenvalue weighted by Crippen LogP contribution is -2.41. The first-order chi connectivity index (χ1) is 17.5. The van der Waals surface area contributed by atoms with Gasteiger partial charge in [0, 0.05) is 24.1 Å². The second-order valence-corrected chi connectivity index (χ2v) is 11.1. The monoisotopic (exact) mass is 502 g/mol. The number of halogens is 1. The summed E-state index contributed by atoms with van der Waals surface area (Å²) in [6.07, 6.45) is 7.74. The number of carbonyl (C=O) groups excluding carboxylic acids is 1. The third-order valence-electron chi connectivity index (χ3n) is 8.38. The number of amides is 1. The second kappa shape index (κ2) is 9.49. The normalized spacial score (nSPS) is 25.9. The minimum atomic E-state index is -0.0914. The van der Waals surface area contributed by atoms with Gasteiger partial charge in [-0.2, -0.15) is 10.4 Å². The molecule has 0 spiro atoms. The molecule has 36 heavy (non-hydrogen) atoms. The molecule has 0 bridgehead atoms. The molecule has 6 rings (SSSR count). The number of nitrogens with zero attached hydrogens (tertiary/aromatic N) is 5. The number of nitrogens with one attached hydrogen (secondary N) is 1. The van der Waals surface area contributed by atoms with Crippen LogP contribution in [0.15, 0.2) is 35.4 Å². The topological polar surface area (TPSA) is 84.6 Å². The van der Waals surface area contributed by atoms with E-state index < -0.39 is 0 Å². The Labute approximate surface area is 217 Å². The van der Waals surface area contributed by atoms with Crippen LogP contribution in [0.2, 0.25) is 5.02 Å². The third-order valence-corrected chi connectivity index (χ3v) is 8.70. The number of pyridine rings is 1. The Hall–Kier alpha value is -2.95. The molecule has 2 fully saturated rings. The third kappa shape index (κ3) is 4.16. The molecule has 1 aromatic heterocycles. The Morgan fingerprint density at radius 1 is 1.17 bits per heavy atom. The maximum atomic E-state index is 12.9. The van der Waals surface area contributed by atoms with E-state index in [1.165, 1.54) is 25.7 Å². The number of likely N-dealkylation sites (tertiary alicyclic amines) is 1. The first-order valence-corrected chi connectivity index (χ1v) is 13.5. The number of hydrogen-bond acceptors (Lipinski definition) is 6. The molecule has 2 unspecified atom stereocenters. The highest BCUT2D eigenvalue weighted by molar-refractivity contribution is 6.32. The molecule has 1 saturated heterocycles. The van der Waals surface area contributed by atoms with Gasteiger partial charge in [0.05, 0.1) is 33.7 Å². The van der Waals surface area contributed by atoms with Gasteiger partial charge in [0.25, 0.3) is 5.91 Å². The van der Waals surface area contributed by atoms with E-state index in [2.05, 4.69) is 28.3 Å². The molecule has 2 aliphatic carbocycles. The van der Waals surface area contributed by atoms with Crippen LogP contribution in [0, 0.1) is 23.2 Å². The standard InChI is InChI=1S/C28H31ClN6O/c1-34-13-12-19(16-34)31-28(36)25-11-8-21-24(32-25)10-9-22-26(21)33-35(27(22)17-4-2-3-5-17)20-7-6-18(15-30)23(29)14-20/h6-8,11,14,17,19,22,27H,2-5,9-10,12-13,16H2,1H3,(H,31,36)/t19-,22?,27?/m0/s1. The van der Waals surface area contributed by atoms with Crippen molar-refractivity contribution in [1.82, 2.24) is 15.2 Å². The number of hydrogen-bond donors (Lipinski definition) is 1. The Balaban J connectivity index is 1.31. The minimum absolute atomic E-state index is 0.0914. The van der Waals surface area contributed by atoms with Crippen molar-refractivity contribution in [2.75, 3.05) is 25.1 Å². The van der Waals surface area contributed by atoms with Gasteiger partial charge in [0.1, 0.15) is 11.8 Å². The highest BCUT2D eigenvalue weighted by Gasteiger charge is 2.46. The maximum absolute atomic E-state index is 12.9. The van der Waals surface area contributed by atoms with Crippen molar-refractivity contribution in [2.45, 2.75) is 57.0 Å². The number of carbonyl (C=O) groups is 1. The van der Waals surface area contributed by atoms with Gasteiger partial charge in [0.15, 0.2) is 0 Å². The van der Waals surface area contributed by atoms with Crippen LogP contribution >= 0.6 is 11.6 Å². The molecule has 2 aromatic rings. The predicted octanol–water partition coefficient (Wildman–Crippen LogP) is 4.39. The number of likely N-dealkylation sites (N-methyl/N-ethyl adjacent to an activating group) is 1. The first kappa shape index (κ1) is 23.4. The van der Waals surface area contributed by atoms with E-state index in [0.29, 0.717) is 28.1 Å². The number of anilines is 1. The van der Waals surface area contributed by atoms with E-state index >= 15 is 0 Å². The van der Waals surface area contributed by atoms with E-state index in [1.54, 1.807) is 6.07 Å². The van der Waals surface area contributed by atoms with Gasteiger partial charge >= 0.3 is 0 Å². The molecule has 3 atom stereocenters. The molecule has 1 aromatic carbocycles. The SMILES string of the molecule is CN1CC[C@H](NC(=O)c2ccc3c(n2)CCC2C3=NN(c3ccc(C#N)c(Cl)c3)C2C2CCCC2)C1. The van der Waals surface area contributed by atoms with E-state index in [-0.39, 0.29) is 18.0 Å². The fraction of sp³-hybridized carbons (Fsp3) is 0.500. The van der Waals surface area contributed by atoms with Gasteiger partial charge in [-0.05, 0) is 81.9 Å². The first-order valence-electron chi connectivity index (χ1n) is 13.1. The van der Waals surface area contributed by atoms with Gasteiger partial charge in [0.2, 0.25) is 0 Å². The summed E-state index contributed by atoms with van der Waals surface area (Å²) < 4.78 is 0. The lowest BCUT2D eigenvalue weighted by atomic mass is 9.76. The van der Waals surface area contributed by atoms with Crippen molar-refractivity contribution in [3.8, 4) is 6.07 Å². The molecule has 186 valence electrons. The molecule has 1 amide bonds. The van der Waals surface area contributed by atoms with Crippen LogP contribution in [0.4, 0.5) is 5.69 Å². The van der Waals surface area contributed by atoms with Gasteiger partial charge in [-0.25, -0.2) is 4.98 Å². The summed E-state index contributed by atoms with van der Waals surface area (Å²) in [5, 5.41) is 20.3. The van der Waals surface area contributed by atoms with Crippen molar-refractivity contribution in [3.63, 3.8) is 0 Å². The van der Waals surface area contributed by atoms with E-state index in [9.17, 15) is 10.1 Å². The molecular weight excluding hydrogens is 472 g/mol. The van der Waals surface area contributed by atoms with Crippen LogP contribution in [-0.2, 0) is 6.42 Å². The fourth-order valence-corrected chi connectivity index (χ4v) is 6.82. The van der Waals surface area contributed by atoms with Gasteiger partial charge in [-0.3, -0.25) is 9.80 Å². The minimum Gasteiger partial charge on any atom is -0.347 e. The molecule has 4 aliphatic rings. The zero-order valence-corrected chi connectivity index (χ0v) is 21.3. The number of benzene rings is 1. The van der Waals surface area contributed by atoms with Crippen molar-refractivity contribution < 1.29 is 4.79 Å². The van der Waals surface area contributed by atoms with Crippen LogP contribution in [0.1, 0.15) is 65.8 Å². The van der Waals surface area contributed by atoms with Crippen LogP contribution in [0.5, 0.6) is 0 Å². The van der Waals surface area contributed by atoms with E-state index in [0.717, 1.165) is 55.0 Å². The molecule has 2 aliphatic heterocycles. The molecule has 3 heterocycles. The Bertz CT molecular complexity index is 1260. The average molecular weight is 503 g/mol. The van der Waals surface area contributed by atoms with Crippen LogP contribution in [0.3, 0.4) is 0 Å². The Kier molecular flexibility index (Phi) is 6.18. The van der Waals surface area contributed by atoms with Crippen LogP contribution in [0.25, 0.3) is 0 Å². The lowest BCUT2D eigenvalue weighted by molar-refractivity contribution is 0.0933. The molecule has 1 N–H and O–H groups in total. The van der Waals surface area contributed by atoms with Crippen molar-refractivity contribution >= 4 is 28.9 Å². The number of aryl methyl sites for hydroxylation is 1. The zero-order valence-electron chi connectivity index (χ0n) is 20.6. The predicted molar refractivity (Wildman–Crippen MR) is 140 cm³/mol. The maximum Gasteiger partial charge on any atom is 0.270 e. The Morgan fingerprint density at radius 2 is 2.00 bits per heavy atom. The van der Waals surface area contributed by atoms with Gasteiger partial charge in [-0.1, -0.05) is 24.4 Å². The molecule has 7 nitrogen and oxygen atoms in total. The summed E-state index contributed by atoms with van der Waals surface area (Å²) in [5.74, 6) is 0.812. The summed E-state index contributed by atoms with van der Waals surface area (Å²) in [4.78, 5) is 19.9. The summed E-state index contributed by atoms with van der Waals surface area (Å²) in [6.45, 7) is 1.89. The van der Waals surface area contributed by atoms with Crippen LogP contribution < -0.4 is 10.3 Å². The van der Waals surface area contributed by atoms with Crippen LogP contribution in [-0.4, -0.2) is 53.7 Å². The summed E-state index contributed by atoms with van der Waals surface area (Å²) in [5.41, 5.74) is 5.00. The largest absolute Gasteiger partial charge is 0.347 e. The number of hydrazone groups is 1. The Morgan fingerprint density at radius 3 is 2.72 bits per heavy atom. The molecule has 8 heteroatoms. The number of nitriles is 1. The van der Waals surface area contributed by atoms with Crippen molar-refractivity contribution in [1.29, 1.82) is 5.26 Å². The number of aromatic nitrogens is 1. The van der Waals surface area contributed by atoms with Crippen molar-refractivity contribution in [3.05, 3.63) is 57.9 Å². The summed E-state index contributed by atoms with van der Waals surface area (Å²) in [6, 6.07) is 12.1. The van der Waals surface area contributed by atoms with Gasteiger partial charge < -0.3 is 10.2 Å². The molecule has 1 saturated carbocycles. The smallest absolute Gasteiger partial charge is 0.270 e.